The van der Waals surface area contributed by atoms with Gasteiger partial charge in [-0.25, -0.2) is 4.39 Å². The first-order valence-electron chi connectivity index (χ1n) is 6.69. The maximum atomic E-state index is 12.8. The van der Waals surface area contributed by atoms with Crippen LogP contribution in [0.15, 0.2) is 57.4 Å². The fraction of sp³-hybridized carbons (Fsp3) is 0.0588. The topological polar surface area (TPSA) is 38.9 Å². The molecule has 3 nitrogen and oxygen atoms in total. The molecule has 22 heavy (non-hydrogen) atoms. The van der Waals surface area contributed by atoms with Gasteiger partial charge in [-0.2, -0.15) is 0 Å². The van der Waals surface area contributed by atoms with E-state index in [2.05, 4.69) is 26.1 Å². The van der Waals surface area contributed by atoms with Crippen molar-refractivity contribution >= 4 is 28.1 Å². The lowest BCUT2D eigenvalue weighted by molar-refractivity contribution is 0.496. The molecule has 1 heterocycles. The van der Waals surface area contributed by atoms with Crippen molar-refractivity contribution in [3.05, 3.63) is 81.7 Å². The van der Waals surface area contributed by atoms with Crippen molar-refractivity contribution in [2.75, 3.05) is 0 Å². The van der Waals surface area contributed by atoms with Crippen molar-refractivity contribution in [1.82, 2.24) is 10.2 Å². The molecule has 0 fully saturated rings. The monoisotopic (exact) mass is 358 g/mol. The van der Waals surface area contributed by atoms with Gasteiger partial charge in [-0.3, -0.25) is 0 Å². The third-order valence-corrected chi connectivity index (χ3v) is 3.51. The number of aromatic nitrogens is 2. The van der Waals surface area contributed by atoms with Crippen molar-refractivity contribution in [2.45, 2.75) is 6.42 Å². The molecule has 0 atom stereocenters. The molecule has 110 valence electrons. The largest absolute Gasteiger partial charge is 0.421 e. The van der Waals surface area contributed by atoms with Gasteiger partial charge in [0.25, 0.3) is 0 Å². The summed E-state index contributed by atoms with van der Waals surface area (Å²) in [6.45, 7) is 0. The van der Waals surface area contributed by atoms with E-state index in [9.17, 15) is 4.39 Å². The molecule has 2 aromatic carbocycles. The summed E-state index contributed by atoms with van der Waals surface area (Å²) in [5, 5.41) is 8.00. The average molecular weight is 359 g/mol. The Morgan fingerprint density at radius 2 is 1.86 bits per heavy atom. The molecule has 0 saturated heterocycles. The van der Waals surface area contributed by atoms with Crippen LogP contribution in [0.5, 0.6) is 0 Å². The summed E-state index contributed by atoms with van der Waals surface area (Å²) in [6, 6.07) is 14.1. The predicted octanol–water partition coefficient (Wildman–Crippen LogP) is 4.73. The van der Waals surface area contributed by atoms with Gasteiger partial charge < -0.3 is 4.42 Å². The summed E-state index contributed by atoms with van der Waals surface area (Å²) in [5.74, 6) is 0.720. The maximum absolute atomic E-state index is 12.8. The van der Waals surface area contributed by atoms with Gasteiger partial charge >= 0.3 is 0 Å². The lowest BCUT2D eigenvalue weighted by Gasteiger charge is -1.97. The van der Waals surface area contributed by atoms with Crippen molar-refractivity contribution < 1.29 is 8.81 Å². The highest BCUT2D eigenvalue weighted by atomic mass is 79.9. The molecule has 0 aliphatic carbocycles. The van der Waals surface area contributed by atoms with E-state index in [1.807, 2.05) is 24.3 Å². The second kappa shape index (κ2) is 6.66. The lowest BCUT2D eigenvalue weighted by Crippen LogP contribution is -1.87. The molecule has 0 saturated carbocycles. The zero-order valence-electron chi connectivity index (χ0n) is 11.5. The Labute approximate surface area is 135 Å². The highest BCUT2D eigenvalue weighted by Gasteiger charge is 2.05. The summed E-state index contributed by atoms with van der Waals surface area (Å²) in [7, 11) is 0. The number of halogens is 2. The molecule has 0 N–H and O–H groups in total. The number of nitrogens with zero attached hydrogens (tertiary/aromatic N) is 2. The molecule has 0 spiro atoms. The highest BCUT2D eigenvalue weighted by Crippen LogP contribution is 2.15. The van der Waals surface area contributed by atoms with E-state index in [1.165, 1.54) is 12.1 Å². The molecule has 0 aliphatic rings. The summed E-state index contributed by atoms with van der Waals surface area (Å²) >= 11 is 3.43. The molecule has 0 unspecified atom stereocenters. The van der Waals surface area contributed by atoms with E-state index < -0.39 is 0 Å². The molecule has 5 heteroatoms. The van der Waals surface area contributed by atoms with Crippen LogP contribution in [0.1, 0.15) is 22.9 Å². The first-order valence-corrected chi connectivity index (χ1v) is 7.49. The van der Waals surface area contributed by atoms with Crippen LogP contribution in [-0.2, 0) is 6.42 Å². The van der Waals surface area contributed by atoms with Gasteiger partial charge in [0.2, 0.25) is 11.8 Å². The first kappa shape index (κ1) is 14.7. The van der Waals surface area contributed by atoms with Gasteiger partial charge in [0.1, 0.15) is 5.82 Å². The molecular weight excluding hydrogens is 347 g/mol. The molecule has 0 amide bonds. The number of hydrogen-bond acceptors (Lipinski definition) is 3. The van der Waals surface area contributed by atoms with Crippen molar-refractivity contribution in [3.8, 4) is 0 Å². The second-order valence-corrected chi connectivity index (χ2v) is 5.64. The van der Waals surface area contributed by atoms with Crippen LogP contribution in [0.2, 0.25) is 0 Å². The second-order valence-electron chi connectivity index (χ2n) is 4.73. The van der Waals surface area contributed by atoms with Crippen LogP contribution in [0.25, 0.3) is 12.2 Å². The molecule has 0 radical (unpaired) electrons. The molecule has 0 bridgehead atoms. The number of hydrogen-bond donors (Lipinski definition) is 0. The predicted molar refractivity (Wildman–Crippen MR) is 86.6 cm³/mol. The Morgan fingerprint density at radius 1 is 1.05 bits per heavy atom. The van der Waals surface area contributed by atoms with Crippen LogP contribution in [0.4, 0.5) is 4.39 Å². The van der Waals surface area contributed by atoms with Gasteiger partial charge in [0.05, 0.1) is 6.42 Å². The summed E-state index contributed by atoms with van der Waals surface area (Å²) < 4.78 is 19.4. The molecule has 1 aromatic heterocycles. The molecule has 0 aliphatic heterocycles. The van der Waals surface area contributed by atoms with E-state index in [-0.39, 0.29) is 5.82 Å². The third kappa shape index (κ3) is 3.89. The van der Waals surface area contributed by atoms with Gasteiger partial charge in [-0.1, -0.05) is 40.2 Å². The molecule has 3 rings (SSSR count). The molecular formula is C17H12BrFN2O. The zero-order chi connectivity index (χ0) is 15.4. The van der Waals surface area contributed by atoms with Crippen LogP contribution in [0.3, 0.4) is 0 Å². The minimum Gasteiger partial charge on any atom is -0.421 e. The number of benzene rings is 2. The van der Waals surface area contributed by atoms with Crippen molar-refractivity contribution in [2.24, 2.45) is 0 Å². The van der Waals surface area contributed by atoms with Gasteiger partial charge in [-0.15, -0.1) is 10.2 Å². The van der Waals surface area contributed by atoms with Gasteiger partial charge in [0.15, 0.2) is 0 Å². The van der Waals surface area contributed by atoms with E-state index >= 15 is 0 Å². The molecule has 3 aromatic rings. The van der Waals surface area contributed by atoms with E-state index in [0.29, 0.717) is 18.2 Å². The SMILES string of the molecule is Fc1ccc(/C=C/c2nnc(Cc3cccc(Br)c3)o2)cc1. The van der Waals surface area contributed by atoms with E-state index in [4.69, 9.17) is 4.42 Å². The summed E-state index contributed by atoms with van der Waals surface area (Å²) in [5.41, 5.74) is 1.96. The lowest BCUT2D eigenvalue weighted by atomic mass is 10.1. The Morgan fingerprint density at radius 3 is 2.64 bits per heavy atom. The zero-order valence-corrected chi connectivity index (χ0v) is 13.1. The first-order chi connectivity index (χ1) is 10.7. The fourth-order valence-electron chi connectivity index (χ4n) is 1.97. The average Bonchev–Trinajstić information content (AvgIpc) is 2.94. The Balaban J connectivity index is 1.69. The maximum Gasteiger partial charge on any atom is 0.240 e. The van der Waals surface area contributed by atoms with Gasteiger partial charge in [-0.05, 0) is 41.5 Å². The van der Waals surface area contributed by atoms with Crippen molar-refractivity contribution in [1.29, 1.82) is 0 Å². The Kier molecular flexibility index (Phi) is 4.44. The summed E-state index contributed by atoms with van der Waals surface area (Å²) in [6.07, 6.45) is 4.09. The van der Waals surface area contributed by atoms with Crippen LogP contribution < -0.4 is 0 Å². The standard InChI is InChI=1S/C17H12BrFN2O/c18-14-3-1-2-13(10-14)11-17-21-20-16(22-17)9-6-12-4-7-15(19)8-5-12/h1-10H,11H2/b9-6+. The van der Waals surface area contributed by atoms with Crippen LogP contribution >= 0.6 is 15.9 Å². The van der Waals surface area contributed by atoms with E-state index in [0.717, 1.165) is 15.6 Å². The smallest absolute Gasteiger partial charge is 0.240 e. The fourth-order valence-corrected chi connectivity index (χ4v) is 2.41. The minimum absolute atomic E-state index is 0.258. The Bertz CT molecular complexity index is 796. The van der Waals surface area contributed by atoms with Crippen LogP contribution in [0, 0.1) is 5.82 Å². The summed E-state index contributed by atoms with van der Waals surface area (Å²) in [4.78, 5) is 0. The van der Waals surface area contributed by atoms with E-state index in [1.54, 1.807) is 24.3 Å². The Hall–Kier alpha value is -2.27. The highest BCUT2D eigenvalue weighted by molar-refractivity contribution is 9.10. The van der Waals surface area contributed by atoms with Gasteiger partial charge in [0, 0.05) is 10.5 Å². The quantitative estimate of drug-likeness (QED) is 0.676. The minimum atomic E-state index is -0.258. The normalized spacial score (nSPS) is 11.2. The third-order valence-electron chi connectivity index (χ3n) is 3.02. The number of rotatable bonds is 4. The van der Waals surface area contributed by atoms with Crippen LogP contribution in [-0.4, -0.2) is 10.2 Å². The van der Waals surface area contributed by atoms with Crippen molar-refractivity contribution in [3.63, 3.8) is 0 Å².